The molecular formula is C12H20N2O3S. The molecule has 0 unspecified atom stereocenters. The standard InChI is InChI=1S/C12H20N2O3S/c1-10(2)9-14(7-8-15)18(16,17)12-5-3-11(13)4-6-12/h3-6,10,15H,7-9,13H2,1-2H3. The van der Waals surface area contributed by atoms with Crippen molar-refractivity contribution < 1.29 is 13.5 Å². The van der Waals surface area contributed by atoms with Gasteiger partial charge in [0.2, 0.25) is 10.0 Å². The van der Waals surface area contributed by atoms with Gasteiger partial charge in [-0.2, -0.15) is 4.31 Å². The molecule has 0 saturated carbocycles. The third-order valence-corrected chi connectivity index (χ3v) is 4.32. The van der Waals surface area contributed by atoms with Crippen LogP contribution in [0.2, 0.25) is 0 Å². The summed E-state index contributed by atoms with van der Waals surface area (Å²) in [6.07, 6.45) is 0. The van der Waals surface area contributed by atoms with Gasteiger partial charge in [0.05, 0.1) is 11.5 Å². The van der Waals surface area contributed by atoms with Gasteiger partial charge in [0, 0.05) is 18.8 Å². The average molecular weight is 272 g/mol. The van der Waals surface area contributed by atoms with Crippen LogP contribution < -0.4 is 5.73 Å². The first-order valence-electron chi connectivity index (χ1n) is 5.84. The van der Waals surface area contributed by atoms with Crippen LogP contribution >= 0.6 is 0 Å². The molecule has 0 radical (unpaired) electrons. The van der Waals surface area contributed by atoms with E-state index in [1.54, 1.807) is 12.1 Å². The smallest absolute Gasteiger partial charge is 0.243 e. The highest BCUT2D eigenvalue weighted by Gasteiger charge is 2.24. The first-order valence-corrected chi connectivity index (χ1v) is 7.28. The molecule has 0 atom stereocenters. The topological polar surface area (TPSA) is 83.6 Å². The summed E-state index contributed by atoms with van der Waals surface area (Å²) < 4.78 is 26.0. The van der Waals surface area contributed by atoms with Gasteiger partial charge >= 0.3 is 0 Å². The summed E-state index contributed by atoms with van der Waals surface area (Å²) in [4.78, 5) is 0.200. The van der Waals surface area contributed by atoms with E-state index >= 15 is 0 Å². The maximum absolute atomic E-state index is 12.3. The highest BCUT2D eigenvalue weighted by atomic mass is 32.2. The summed E-state index contributed by atoms with van der Waals surface area (Å²) in [5.41, 5.74) is 6.06. The number of aliphatic hydroxyl groups is 1. The van der Waals surface area contributed by atoms with Crippen LogP contribution in [0.1, 0.15) is 13.8 Å². The first kappa shape index (κ1) is 14.9. The van der Waals surface area contributed by atoms with Crippen LogP contribution in [-0.2, 0) is 10.0 Å². The number of anilines is 1. The normalized spacial score (nSPS) is 12.3. The Labute approximate surface area is 108 Å². The third-order valence-electron chi connectivity index (χ3n) is 2.44. The van der Waals surface area contributed by atoms with Gasteiger partial charge in [0.1, 0.15) is 0 Å². The van der Waals surface area contributed by atoms with Crippen molar-refractivity contribution >= 4 is 15.7 Å². The number of nitrogens with zero attached hydrogens (tertiary/aromatic N) is 1. The van der Waals surface area contributed by atoms with Crippen LogP contribution in [0.25, 0.3) is 0 Å². The molecule has 0 aliphatic rings. The second-order valence-electron chi connectivity index (χ2n) is 4.55. The van der Waals surface area contributed by atoms with Gasteiger partial charge in [-0.1, -0.05) is 13.8 Å². The molecule has 0 heterocycles. The van der Waals surface area contributed by atoms with E-state index < -0.39 is 10.0 Å². The molecule has 0 bridgehead atoms. The van der Waals surface area contributed by atoms with Gasteiger partial charge in [-0.25, -0.2) is 8.42 Å². The Morgan fingerprint density at radius 2 is 1.83 bits per heavy atom. The van der Waals surface area contributed by atoms with Gasteiger partial charge in [-0.05, 0) is 30.2 Å². The lowest BCUT2D eigenvalue weighted by Crippen LogP contribution is -2.36. The fourth-order valence-corrected chi connectivity index (χ4v) is 3.21. The number of nitrogen functional groups attached to an aromatic ring is 1. The van der Waals surface area contributed by atoms with Gasteiger partial charge in [-0.3, -0.25) is 0 Å². The summed E-state index contributed by atoms with van der Waals surface area (Å²) in [6.45, 7) is 4.16. The van der Waals surface area contributed by atoms with E-state index in [1.165, 1.54) is 16.4 Å². The number of nitrogens with two attached hydrogens (primary N) is 1. The highest BCUT2D eigenvalue weighted by molar-refractivity contribution is 7.89. The average Bonchev–Trinajstić information content (AvgIpc) is 2.28. The summed E-state index contributed by atoms with van der Waals surface area (Å²) in [5, 5.41) is 8.98. The van der Waals surface area contributed by atoms with Crippen LogP contribution in [0, 0.1) is 5.92 Å². The quantitative estimate of drug-likeness (QED) is 0.754. The number of hydrogen-bond acceptors (Lipinski definition) is 4. The van der Waals surface area contributed by atoms with E-state index in [2.05, 4.69) is 0 Å². The number of benzene rings is 1. The Morgan fingerprint density at radius 1 is 1.28 bits per heavy atom. The van der Waals surface area contributed by atoms with Crippen molar-refractivity contribution in [2.24, 2.45) is 5.92 Å². The van der Waals surface area contributed by atoms with Gasteiger partial charge < -0.3 is 10.8 Å². The number of rotatable bonds is 6. The number of sulfonamides is 1. The van der Waals surface area contributed by atoms with Crippen LogP contribution in [0.4, 0.5) is 5.69 Å². The molecule has 0 amide bonds. The van der Waals surface area contributed by atoms with E-state index in [4.69, 9.17) is 10.8 Å². The van der Waals surface area contributed by atoms with Gasteiger partial charge in [-0.15, -0.1) is 0 Å². The minimum Gasteiger partial charge on any atom is -0.399 e. The Morgan fingerprint density at radius 3 is 2.28 bits per heavy atom. The van der Waals surface area contributed by atoms with E-state index in [-0.39, 0.29) is 24.0 Å². The van der Waals surface area contributed by atoms with Gasteiger partial charge in [0.15, 0.2) is 0 Å². The van der Waals surface area contributed by atoms with Crippen molar-refractivity contribution in [2.75, 3.05) is 25.4 Å². The summed E-state index contributed by atoms with van der Waals surface area (Å²) in [6, 6.07) is 6.07. The van der Waals surface area contributed by atoms with Crippen molar-refractivity contribution in [1.82, 2.24) is 4.31 Å². The molecular weight excluding hydrogens is 252 g/mol. The molecule has 1 rings (SSSR count). The lowest BCUT2D eigenvalue weighted by atomic mass is 10.2. The molecule has 0 aliphatic carbocycles. The predicted octanol–water partition coefficient (Wildman–Crippen LogP) is 0.908. The van der Waals surface area contributed by atoms with Crippen molar-refractivity contribution in [3.05, 3.63) is 24.3 Å². The van der Waals surface area contributed by atoms with Crippen molar-refractivity contribution in [3.8, 4) is 0 Å². The second kappa shape index (κ2) is 6.17. The number of hydrogen-bond donors (Lipinski definition) is 2. The fraction of sp³-hybridized carbons (Fsp3) is 0.500. The molecule has 6 heteroatoms. The summed E-state index contributed by atoms with van der Waals surface area (Å²) >= 11 is 0. The van der Waals surface area contributed by atoms with Crippen molar-refractivity contribution in [3.63, 3.8) is 0 Å². The number of aliphatic hydroxyl groups excluding tert-OH is 1. The molecule has 0 aliphatic heterocycles. The Balaban J connectivity index is 3.04. The zero-order valence-electron chi connectivity index (χ0n) is 10.7. The molecule has 102 valence electrons. The van der Waals surface area contributed by atoms with Crippen LogP contribution in [-0.4, -0.2) is 37.5 Å². The molecule has 0 saturated heterocycles. The largest absolute Gasteiger partial charge is 0.399 e. The molecule has 0 aromatic heterocycles. The summed E-state index contributed by atoms with van der Waals surface area (Å²) in [5.74, 6) is 0.195. The highest BCUT2D eigenvalue weighted by Crippen LogP contribution is 2.18. The third kappa shape index (κ3) is 3.69. The van der Waals surface area contributed by atoms with E-state index in [0.29, 0.717) is 12.2 Å². The Kier molecular flexibility index (Phi) is 5.13. The molecule has 3 N–H and O–H groups in total. The molecule has 0 spiro atoms. The maximum atomic E-state index is 12.3. The van der Waals surface area contributed by atoms with Crippen LogP contribution in [0.3, 0.4) is 0 Å². The van der Waals surface area contributed by atoms with E-state index in [0.717, 1.165) is 0 Å². The minimum atomic E-state index is -3.56. The fourth-order valence-electron chi connectivity index (χ4n) is 1.62. The maximum Gasteiger partial charge on any atom is 0.243 e. The zero-order valence-corrected chi connectivity index (χ0v) is 11.5. The van der Waals surface area contributed by atoms with Crippen LogP contribution in [0.5, 0.6) is 0 Å². The Hall–Kier alpha value is -1.11. The molecule has 18 heavy (non-hydrogen) atoms. The van der Waals surface area contributed by atoms with Gasteiger partial charge in [0.25, 0.3) is 0 Å². The lowest BCUT2D eigenvalue weighted by Gasteiger charge is -2.23. The molecule has 0 fully saturated rings. The van der Waals surface area contributed by atoms with Crippen molar-refractivity contribution in [2.45, 2.75) is 18.7 Å². The monoisotopic (exact) mass is 272 g/mol. The van der Waals surface area contributed by atoms with E-state index in [9.17, 15) is 8.42 Å². The minimum absolute atomic E-state index is 0.102. The zero-order chi connectivity index (χ0) is 13.8. The van der Waals surface area contributed by atoms with E-state index in [1.807, 2.05) is 13.8 Å². The second-order valence-corrected chi connectivity index (χ2v) is 6.49. The molecule has 5 nitrogen and oxygen atoms in total. The van der Waals surface area contributed by atoms with Crippen LogP contribution in [0.15, 0.2) is 29.2 Å². The SMILES string of the molecule is CC(C)CN(CCO)S(=O)(=O)c1ccc(N)cc1. The lowest BCUT2D eigenvalue weighted by molar-refractivity contribution is 0.244. The first-order chi connectivity index (χ1) is 8.37. The Bertz CT molecular complexity index is 469. The molecule has 1 aromatic rings. The summed E-state index contributed by atoms with van der Waals surface area (Å²) in [7, 11) is -3.56. The van der Waals surface area contributed by atoms with Crippen molar-refractivity contribution in [1.29, 1.82) is 0 Å². The molecule has 1 aromatic carbocycles. The predicted molar refractivity (Wildman–Crippen MR) is 71.5 cm³/mol.